The smallest absolute Gasteiger partial charge is 0.0547 e. The first-order chi connectivity index (χ1) is 36.6. The monoisotopic (exact) mass is 942 g/mol. The summed E-state index contributed by atoms with van der Waals surface area (Å²) < 4.78 is 2.40. The van der Waals surface area contributed by atoms with Gasteiger partial charge in [-0.15, -0.1) is 0 Å². The number of hydrogen-bond acceptors (Lipinski definition) is 1. The number of hydrogen-bond donors (Lipinski definition) is 0. The van der Waals surface area contributed by atoms with Gasteiger partial charge in [-0.1, -0.05) is 224 Å². The predicted octanol–water partition coefficient (Wildman–Crippen LogP) is 19.4. The normalized spacial score (nSPS) is 13.8. The van der Waals surface area contributed by atoms with E-state index in [1.807, 2.05) is 0 Å². The number of rotatable bonds is 9. The van der Waals surface area contributed by atoms with E-state index in [1.54, 1.807) is 0 Å². The highest BCUT2D eigenvalue weighted by molar-refractivity contribution is 6.16. The highest BCUT2D eigenvalue weighted by Gasteiger charge is 2.40. The van der Waals surface area contributed by atoms with Crippen LogP contribution in [-0.4, -0.2) is 4.57 Å². The first kappa shape index (κ1) is 43.3. The molecule has 1 atom stereocenters. The number of anilines is 3. The van der Waals surface area contributed by atoms with Crippen molar-refractivity contribution >= 4 is 49.6 Å². The van der Waals surface area contributed by atoms with E-state index in [0.717, 1.165) is 33.9 Å². The molecule has 348 valence electrons. The van der Waals surface area contributed by atoms with E-state index in [-0.39, 0.29) is 5.41 Å². The number of benzene rings is 12. The Bertz CT molecular complexity index is 4240. The molecule has 1 heterocycles. The molecule has 0 saturated carbocycles. The second-order valence-electron chi connectivity index (χ2n) is 19.7. The van der Waals surface area contributed by atoms with Crippen LogP contribution < -0.4 is 4.90 Å². The van der Waals surface area contributed by atoms with Gasteiger partial charge in [-0.05, 0) is 145 Å². The quantitative estimate of drug-likeness (QED) is 0.140. The average molecular weight is 943 g/mol. The fourth-order valence-electron chi connectivity index (χ4n) is 12.2. The van der Waals surface area contributed by atoms with Crippen molar-refractivity contribution in [2.75, 3.05) is 4.90 Å². The minimum absolute atomic E-state index is 0.280. The SMILES string of the molecule is CC1(c2ccccc2)c2ccccc2-c2ccc(-c3ccc(N(c4cccc(-c5cccc6c5c5ccccc5n6-c5ccccc5)c4)c4ccccc4-c4cccc5cccc(-c6ccccc6)c45)cc3)cc21. The zero-order valence-electron chi connectivity index (χ0n) is 41.0. The lowest BCUT2D eigenvalue weighted by atomic mass is 9.74. The number of aromatic nitrogens is 1. The molecular formula is C72H50N2. The molecule has 0 fully saturated rings. The molecule has 0 spiro atoms. The third-order valence-electron chi connectivity index (χ3n) is 15.7. The molecule has 1 unspecified atom stereocenters. The summed E-state index contributed by atoms with van der Waals surface area (Å²) in [5.41, 5.74) is 22.6. The number of nitrogens with zero attached hydrogens (tertiary/aromatic N) is 2. The molecule has 1 aliphatic rings. The van der Waals surface area contributed by atoms with Gasteiger partial charge < -0.3 is 9.47 Å². The molecule has 13 aromatic rings. The van der Waals surface area contributed by atoms with Gasteiger partial charge in [0.25, 0.3) is 0 Å². The maximum Gasteiger partial charge on any atom is 0.0547 e. The molecule has 12 aromatic carbocycles. The summed E-state index contributed by atoms with van der Waals surface area (Å²) in [6.07, 6.45) is 0. The van der Waals surface area contributed by atoms with Gasteiger partial charge in [0.05, 0.1) is 16.7 Å². The Labute approximate surface area is 432 Å². The summed E-state index contributed by atoms with van der Waals surface area (Å²) in [4.78, 5) is 2.46. The Balaban J connectivity index is 0.949. The lowest BCUT2D eigenvalue weighted by Gasteiger charge is -2.29. The van der Waals surface area contributed by atoms with Crippen molar-refractivity contribution in [2.24, 2.45) is 0 Å². The molecular weight excluding hydrogens is 893 g/mol. The van der Waals surface area contributed by atoms with E-state index in [1.165, 1.54) is 93.8 Å². The van der Waals surface area contributed by atoms with Crippen LogP contribution in [0, 0.1) is 0 Å². The van der Waals surface area contributed by atoms with E-state index in [0.29, 0.717) is 0 Å². The summed E-state index contributed by atoms with van der Waals surface area (Å²) in [6.45, 7) is 2.39. The molecule has 74 heavy (non-hydrogen) atoms. The molecule has 1 aromatic heterocycles. The van der Waals surface area contributed by atoms with Crippen LogP contribution in [0.4, 0.5) is 17.1 Å². The van der Waals surface area contributed by atoms with Crippen LogP contribution >= 0.6 is 0 Å². The highest BCUT2D eigenvalue weighted by Crippen LogP contribution is 2.53. The molecule has 1 aliphatic carbocycles. The third-order valence-corrected chi connectivity index (χ3v) is 15.7. The molecule has 0 amide bonds. The zero-order chi connectivity index (χ0) is 49.2. The van der Waals surface area contributed by atoms with E-state index >= 15 is 0 Å². The molecule has 0 saturated heterocycles. The van der Waals surface area contributed by atoms with Crippen LogP contribution in [-0.2, 0) is 5.41 Å². The molecule has 0 bridgehead atoms. The summed E-state index contributed by atoms with van der Waals surface area (Å²) in [5.74, 6) is 0. The maximum absolute atomic E-state index is 2.46. The second-order valence-corrected chi connectivity index (χ2v) is 19.7. The van der Waals surface area contributed by atoms with Gasteiger partial charge in [0.15, 0.2) is 0 Å². The fourth-order valence-corrected chi connectivity index (χ4v) is 12.2. The first-order valence-corrected chi connectivity index (χ1v) is 25.7. The van der Waals surface area contributed by atoms with E-state index in [2.05, 4.69) is 302 Å². The van der Waals surface area contributed by atoms with Gasteiger partial charge in [0.2, 0.25) is 0 Å². The van der Waals surface area contributed by atoms with E-state index in [9.17, 15) is 0 Å². The van der Waals surface area contributed by atoms with Gasteiger partial charge >= 0.3 is 0 Å². The van der Waals surface area contributed by atoms with Gasteiger partial charge in [0.1, 0.15) is 0 Å². The van der Waals surface area contributed by atoms with Crippen LogP contribution in [0.3, 0.4) is 0 Å². The molecule has 2 heteroatoms. The fraction of sp³-hybridized carbons (Fsp3) is 0.0278. The van der Waals surface area contributed by atoms with Crippen LogP contribution in [0.1, 0.15) is 23.6 Å². The average Bonchev–Trinajstić information content (AvgIpc) is 3.98. The lowest BCUT2D eigenvalue weighted by Crippen LogP contribution is -2.22. The van der Waals surface area contributed by atoms with Crippen molar-refractivity contribution in [3.8, 4) is 61.3 Å². The molecule has 0 aliphatic heterocycles. The zero-order valence-corrected chi connectivity index (χ0v) is 41.0. The van der Waals surface area contributed by atoms with Gasteiger partial charge in [-0.3, -0.25) is 0 Å². The molecule has 14 rings (SSSR count). The van der Waals surface area contributed by atoms with Gasteiger partial charge in [-0.2, -0.15) is 0 Å². The van der Waals surface area contributed by atoms with Gasteiger partial charge in [0, 0.05) is 38.8 Å². The van der Waals surface area contributed by atoms with Crippen molar-refractivity contribution in [3.05, 3.63) is 302 Å². The van der Waals surface area contributed by atoms with Crippen molar-refractivity contribution in [3.63, 3.8) is 0 Å². The number of para-hydroxylation sites is 3. The topological polar surface area (TPSA) is 8.17 Å². The lowest BCUT2D eigenvalue weighted by molar-refractivity contribution is 0.714. The Morgan fingerprint density at radius 3 is 1.69 bits per heavy atom. The summed E-state index contributed by atoms with van der Waals surface area (Å²) in [5, 5.41) is 4.92. The van der Waals surface area contributed by atoms with Crippen LogP contribution in [0.5, 0.6) is 0 Å². The highest BCUT2D eigenvalue weighted by atomic mass is 15.1. The Kier molecular flexibility index (Phi) is 10.3. The Morgan fingerprint density at radius 1 is 0.324 bits per heavy atom. The maximum atomic E-state index is 2.46. The largest absolute Gasteiger partial charge is 0.310 e. The minimum Gasteiger partial charge on any atom is -0.310 e. The first-order valence-electron chi connectivity index (χ1n) is 25.7. The van der Waals surface area contributed by atoms with E-state index in [4.69, 9.17) is 0 Å². The standard InChI is InChI=1S/C72H50N2/c1-72(54-26-7-3-8-27-54)65-37-14-11-31-60(65)61-46-43-52(48-66(61)72)49-41-44-56(45-42-49)73(67-38-15-12-32-62(67)63-36-19-24-51-23-18-34-58(70(51)63)50-21-5-2-6-22-50)57-30-17-25-53(47-57)59-35-20-40-69-71(59)64-33-13-16-39-68(64)74(69)55-28-9-4-10-29-55/h2-48H,1H3. The van der Waals surface area contributed by atoms with Crippen molar-refractivity contribution < 1.29 is 0 Å². The molecule has 0 N–H and O–H groups in total. The molecule has 2 nitrogen and oxygen atoms in total. The van der Waals surface area contributed by atoms with Crippen LogP contribution in [0.2, 0.25) is 0 Å². The minimum atomic E-state index is -0.280. The van der Waals surface area contributed by atoms with E-state index < -0.39 is 0 Å². The van der Waals surface area contributed by atoms with Crippen molar-refractivity contribution in [1.82, 2.24) is 4.57 Å². The summed E-state index contributed by atoms with van der Waals surface area (Å²) in [7, 11) is 0. The molecule has 0 radical (unpaired) electrons. The van der Waals surface area contributed by atoms with Crippen molar-refractivity contribution in [2.45, 2.75) is 12.3 Å². The van der Waals surface area contributed by atoms with Crippen molar-refractivity contribution in [1.29, 1.82) is 0 Å². The summed E-state index contributed by atoms with van der Waals surface area (Å²) >= 11 is 0. The second kappa shape index (κ2) is 17.7. The van der Waals surface area contributed by atoms with Crippen LogP contribution in [0.15, 0.2) is 285 Å². The third kappa shape index (κ3) is 6.94. The summed E-state index contributed by atoms with van der Waals surface area (Å²) in [6, 6.07) is 105. The Hall–Kier alpha value is -9.50. The predicted molar refractivity (Wildman–Crippen MR) is 312 cm³/mol. The van der Waals surface area contributed by atoms with Crippen LogP contribution in [0.25, 0.3) is 93.9 Å². The van der Waals surface area contributed by atoms with Gasteiger partial charge in [-0.25, -0.2) is 0 Å². The Morgan fingerprint density at radius 2 is 0.892 bits per heavy atom. The number of fused-ring (bicyclic) bond motifs is 7.